The second kappa shape index (κ2) is 15.8. The first-order valence-electron chi connectivity index (χ1n) is 0. The van der Waals surface area contributed by atoms with Gasteiger partial charge in [0.15, 0.2) is 0 Å². The molecule has 0 unspecified atom stereocenters. The van der Waals surface area contributed by atoms with Gasteiger partial charge in [-0.15, -0.1) is 0 Å². The second-order valence-electron chi connectivity index (χ2n) is 0. The molecule has 0 amide bonds. The van der Waals surface area contributed by atoms with Crippen LogP contribution < -0.4 is 0 Å². The van der Waals surface area contributed by atoms with Crippen molar-refractivity contribution in [3.8, 4) is 0 Å². The SMILES string of the molecule is [Ag].[Fe].[MgH2].[RbH]. The van der Waals surface area contributed by atoms with E-state index in [0.717, 1.165) is 0 Å². The number of rotatable bonds is 0. The summed E-state index contributed by atoms with van der Waals surface area (Å²) in [5, 5.41) is 0. The van der Waals surface area contributed by atoms with Crippen LogP contribution in [0.1, 0.15) is 0 Å². The molecule has 0 saturated carbocycles. The summed E-state index contributed by atoms with van der Waals surface area (Å²) in [6.07, 6.45) is 0. The maximum atomic E-state index is 0. The molecule has 25 valence electrons. The van der Waals surface area contributed by atoms with Crippen molar-refractivity contribution >= 4 is 81.2 Å². The Balaban J connectivity index is 0. The van der Waals surface area contributed by atoms with Crippen LogP contribution in [-0.2, 0) is 39.4 Å². The van der Waals surface area contributed by atoms with Gasteiger partial charge < -0.3 is 0 Å². The van der Waals surface area contributed by atoms with E-state index in [4.69, 9.17) is 0 Å². The van der Waals surface area contributed by atoms with E-state index in [1.54, 1.807) is 0 Å². The van der Waals surface area contributed by atoms with Gasteiger partial charge in [0.1, 0.15) is 0 Å². The predicted octanol–water partition coefficient (Wildman–Crippen LogP) is -1.57. The number of hydrogen-bond acceptors (Lipinski definition) is 0. The molecule has 0 aromatic carbocycles. The molecule has 0 aliphatic heterocycles. The van der Waals surface area contributed by atoms with Gasteiger partial charge in [-0.3, -0.25) is 0 Å². The van der Waals surface area contributed by atoms with Crippen molar-refractivity contribution in [1.29, 1.82) is 0 Å². The van der Waals surface area contributed by atoms with Crippen molar-refractivity contribution in [2.45, 2.75) is 0 Å². The van der Waals surface area contributed by atoms with Gasteiger partial charge in [0.25, 0.3) is 0 Å². The summed E-state index contributed by atoms with van der Waals surface area (Å²) in [5.41, 5.74) is 0. The van der Waals surface area contributed by atoms with Crippen LogP contribution in [0, 0.1) is 0 Å². The Hall–Kier alpha value is 3.83. The van der Waals surface area contributed by atoms with E-state index >= 15 is 0 Å². The topological polar surface area (TPSA) is 0 Å². The Morgan fingerprint density at radius 3 is 1.00 bits per heavy atom. The first-order valence-corrected chi connectivity index (χ1v) is 0. The van der Waals surface area contributed by atoms with Crippen LogP contribution in [0.5, 0.6) is 0 Å². The van der Waals surface area contributed by atoms with Crippen LogP contribution in [0.15, 0.2) is 0 Å². The zero-order chi connectivity index (χ0) is 0. The van der Waals surface area contributed by atoms with Gasteiger partial charge in [-0.05, 0) is 0 Å². The Kier molecular flexibility index (Phi) is 98.5. The fourth-order valence-corrected chi connectivity index (χ4v) is 0. The summed E-state index contributed by atoms with van der Waals surface area (Å²) >= 11 is 0. The monoisotopic (exact) mass is 275 g/mol. The molecule has 0 aromatic heterocycles. The molecule has 0 fully saturated rings. The van der Waals surface area contributed by atoms with E-state index in [-0.39, 0.29) is 121 Å². The molecule has 0 bridgehead atoms. The summed E-state index contributed by atoms with van der Waals surface area (Å²) in [4.78, 5) is 0. The van der Waals surface area contributed by atoms with Crippen LogP contribution in [0.4, 0.5) is 0 Å². The molecule has 0 rings (SSSR count). The van der Waals surface area contributed by atoms with Gasteiger partial charge in [0.2, 0.25) is 0 Å². The Morgan fingerprint density at radius 2 is 1.00 bits per heavy atom. The van der Waals surface area contributed by atoms with Gasteiger partial charge >= 0.3 is 81.2 Å². The molecule has 0 heterocycles. The minimum atomic E-state index is 0. The van der Waals surface area contributed by atoms with E-state index in [0.29, 0.717) is 0 Å². The Morgan fingerprint density at radius 1 is 1.00 bits per heavy atom. The normalized spacial score (nSPS) is 0. The van der Waals surface area contributed by atoms with E-state index in [2.05, 4.69) is 0 Å². The molecule has 4 heteroatoms. The van der Waals surface area contributed by atoms with Gasteiger partial charge in [0, 0.05) is 39.4 Å². The minimum absolute atomic E-state index is 0. The summed E-state index contributed by atoms with van der Waals surface area (Å²) in [7, 11) is 0. The molecule has 0 N–H and O–H groups in total. The van der Waals surface area contributed by atoms with Crippen molar-refractivity contribution in [2.75, 3.05) is 0 Å². The average molecular weight is 277 g/mol. The van der Waals surface area contributed by atoms with E-state index < -0.39 is 0 Å². The van der Waals surface area contributed by atoms with Crippen molar-refractivity contribution < 1.29 is 39.4 Å². The van der Waals surface area contributed by atoms with E-state index in [1.165, 1.54) is 0 Å². The third kappa shape index (κ3) is 9.27. The Bertz CT molecular complexity index is 8.00. The molecule has 1 radical (unpaired) electrons. The summed E-state index contributed by atoms with van der Waals surface area (Å²) < 4.78 is 0. The van der Waals surface area contributed by atoms with Gasteiger partial charge in [0.05, 0.1) is 0 Å². The van der Waals surface area contributed by atoms with Crippen LogP contribution in [0.25, 0.3) is 0 Å². The molecule has 4 heavy (non-hydrogen) atoms. The first-order chi connectivity index (χ1) is 0. The van der Waals surface area contributed by atoms with Crippen molar-refractivity contribution in [3.63, 3.8) is 0 Å². The van der Waals surface area contributed by atoms with Crippen molar-refractivity contribution in [1.82, 2.24) is 0 Å². The molecular weight excluding hydrogens is 273 g/mol. The van der Waals surface area contributed by atoms with E-state index in [1.807, 2.05) is 0 Å². The molecule has 0 aliphatic carbocycles. The molecule has 0 aliphatic rings. The summed E-state index contributed by atoms with van der Waals surface area (Å²) in [5.74, 6) is 0. The van der Waals surface area contributed by atoms with Crippen molar-refractivity contribution in [3.05, 3.63) is 0 Å². The van der Waals surface area contributed by atoms with E-state index in [9.17, 15) is 0 Å². The zero-order valence-corrected chi connectivity index (χ0v) is 3.24. The Labute approximate surface area is 117 Å². The summed E-state index contributed by atoms with van der Waals surface area (Å²) in [6.45, 7) is 0. The quantitative estimate of drug-likeness (QED) is 0.469. The molecule has 0 saturated heterocycles. The molecule has 0 aromatic rings. The standard InChI is InChI=1S/Ag.Fe.Mg.Rb.3H. The van der Waals surface area contributed by atoms with Crippen LogP contribution in [0.3, 0.4) is 0 Å². The molecule has 0 atom stereocenters. The fourth-order valence-electron chi connectivity index (χ4n) is 0. The second-order valence-corrected chi connectivity index (χ2v) is 0. The zero-order valence-electron chi connectivity index (χ0n) is 0.655. The van der Waals surface area contributed by atoms with Crippen LogP contribution >= 0.6 is 0 Å². The predicted molar refractivity (Wildman–Crippen MR) is 15.7 cm³/mol. The van der Waals surface area contributed by atoms with Crippen LogP contribution in [0.2, 0.25) is 0 Å². The first kappa shape index (κ1) is 24.9. The van der Waals surface area contributed by atoms with Gasteiger partial charge in [-0.2, -0.15) is 0 Å². The molecule has 0 spiro atoms. The fraction of sp³-hybridized carbons (Fsp3) is 0. The van der Waals surface area contributed by atoms with Gasteiger partial charge in [-0.25, -0.2) is 0 Å². The molecular formula is H3AgFeMgRb. The summed E-state index contributed by atoms with van der Waals surface area (Å²) in [6, 6.07) is 0. The van der Waals surface area contributed by atoms with Crippen LogP contribution in [-0.4, -0.2) is 81.2 Å². The average Bonchev–Trinajstić information content (AvgIpc) is 0. The van der Waals surface area contributed by atoms with Gasteiger partial charge in [-0.1, -0.05) is 0 Å². The third-order valence-electron chi connectivity index (χ3n) is 0. The van der Waals surface area contributed by atoms with Crippen molar-refractivity contribution in [2.24, 2.45) is 0 Å². The maximum absolute atomic E-state index is 0. The molecule has 0 nitrogen and oxygen atoms in total. The number of hydrogen-bond donors (Lipinski definition) is 0. The third-order valence-corrected chi connectivity index (χ3v) is 0.